The molecule has 4 nitrogen and oxygen atoms in total. The van der Waals surface area contributed by atoms with Gasteiger partial charge in [-0.1, -0.05) is 13.0 Å². The van der Waals surface area contributed by atoms with Crippen LogP contribution >= 0.6 is 0 Å². The molecule has 1 saturated heterocycles. The van der Waals surface area contributed by atoms with Gasteiger partial charge in [-0.05, 0) is 30.9 Å². The van der Waals surface area contributed by atoms with Gasteiger partial charge in [0, 0.05) is 13.1 Å². The number of piperidine rings is 1. The molecule has 18 heavy (non-hydrogen) atoms. The molecular weight excluding hydrogens is 226 g/mol. The van der Waals surface area contributed by atoms with E-state index < -0.39 is 0 Å². The highest BCUT2D eigenvalue weighted by atomic mass is 16.2. The summed E-state index contributed by atoms with van der Waals surface area (Å²) in [5.41, 5.74) is 2.41. The Morgan fingerprint density at radius 3 is 3.22 bits per heavy atom. The molecule has 1 aliphatic rings. The second kappa shape index (κ2) is 4.44. The van der Waals surface area contributed by atoms with E-state index in [4.69, 9.17) is 0 Å². The van der Waals surface area contributed by atoms with Crippen LogP contribution in [0.15, 0.2) is 24.5 Å². The summed E-state index contributed by atoms with van der Waals surface area (Å²) >= 11 is 0. The predicted octanol–water partition coefficient (Wildman–Crippen LogP) is 2.44. The fourth-order valence-electron chi connectivity index (χ4n) is 2.68. The van der Waals surface area contributed by atoms with Crippen LogP contribution in [0.1, 0.15) is 30.1 Å². The van der Waals surface area contributed by atoms with E-state index in [0.717, 1.165) is 30.5 Å². The van der Waals surface area contributed by atoms with Crippen LogP contribution in [0, 0.1) is 5.92 Å². The van der Waals surface area contributed by atoms with E-state index in [1.165, 1.54) is 6.42 Å². The standard InChI is InChI=1S/C14H17N3O/c1-10-4-3-7-17(8-10)14(18)11-5-2-6-12-13(11)16-9-15-12/h2,5-6,9-10H,3-4,7-8H2,1H3,(H,15,16). The summed E-state index contributed by atoms with van der Waals surface area (Å²) in [6.07, 6.45) is 3.96. The normalized spacial score (nSPS) is 20.3. The van der Waals surface area contributed by atoms with Crippen molar-refractivity contribution in [3.8, 4) is 0 Å². The molecule has 2 heterocycles. The van der Waals surface area contributed by atoms with Gasteiger partial charge in [-0.25, -0.2) is 4.98 Å². The first-order chi connectivity index (χ1) is 8.75. The van der Waals surface area contributed by atoms with Crippen LogP contribution in [0.25, 0.3) is 11.0 Å². The van der Waals surface area contributed by atoms with Gasteiger partial charge in [-0.3, -0.25) is 4.79 Å². The molecule has 0 saturated carbocycles. The molecule has 0 spiro atoms. The zero-order valence-electron chi connectivity index (χ0n) is 10.5. The fourth-order valence-corrected chi connectivity index (χ4v) is 2.68. The lowest BCUT2D eigenvalue weighted by molar-refractivity contribution is 0.0685. The van der Waals surface area contributed by atoms with Gasteiger partial charge < -0.3 is 9.88 Å². The summed E-state index contributed by atoms with van der Waals surface area (Å²) in [4.78, 5) is 21.8. The van der Waals surface area contributed by atoms with Crippen LogP contribution in [0.5, 0.6) is 0 Å². The van der Waals surface area contributed by atoms with Crippen molar-refractivity contribution in [3.63, 3.8) is 0 Å². The number of carbonyl (C=O) groups is 1. The van der Waals surface area contributed by atoms with Crippen LogP contribution in [-0.2, 0) is 0 Å². The van der Waals surface area contributed by atoms with Crippen LogP contribution in [0.2, 0.25) is 0 Å². The number of fused-ring (bicyclic) bond motifs is 1. The first kappa shape index (κ1) is 11.3. The van der Waals surface area contributed by atoms with Crippen molar-refractivity contribution < 1.29 is 4.79 Å². The van der Waals surface area contributed by atoms with Crippen molar-refractivity contribution in [3.05, 3.63) is 30.1 Å². The van der Waals surface area contributed by atoms with Gasteiger partial charge in [0.05, 0.1) is 17.4 Å². The van der Waals surface area contributed by atoms with Crippen molar-refractivity contribution in [2.75, 3.05) is 13.1 Å². The number of likely N-dealkylation sites (tertiary alicyclic amines) is 1. The molecule has 1 aromatic heterocycles. The highest BCUT2D eigenvalue weighted by molar-refractivity contribution is 6.04. The Bertz CT molecular complexity index is 575. The second-order valence-electron chi connectivity index (χ2n) is 5.10. The van der Waals surface area contributed by atoms with Gasteiger partial charge in [0.25, 0.3) is 5.91 Å². The first-order valence-electron chi connectivity index (χ1n) is 6.47. The molecule has 0 aliphatic carbocycles. The lowest BCUT2D eigenvalue weighted by Crippen LogP contribution is -2.39. The van der Waals surface area contributed by atoms with E-state index >= 15 is 0 Å². The number of nitrogens with one attached hydrogen (secondary N) is 1. The van der Waals surface area contributed by atoms with Crippen molar-refractivity contribution in [1.82, 2.24) is 14.9 Å². The number of imidazole rings is 1. The van der Waals surface area contributed by atoms with Gasteiger partial charge >= 0.3 is 0 Å². The third-order valence-electron chi connectivity index (χ3n) is 3.62. The van der Waals surface area contributed by atoms with E-state index in [9.17, 15) is 4.79 Å². The first-order valence-corrected chi connectivity index (χ1v) is 6.47. The smallest absolute Gasteiger partial charge is 0.256 e. The Labute approximate surface area is 106 Å². The minimum Gasteiger partial charge on any atom is -0.345 e. The summed E-state index contributed by atoms with van der Waals surface area (Å²) in [7, 11) is 0. The number of para-hydroxylation sites is 1. The molecule has 1 fully saturated rings. The van der Waals surface area contributed by atoms with Crippen LogP contribution in [0.3, 0.4) is 0 Å². The molecule has 4 heteroatoms. The SMILES string of the molecule is CC1CCCN(C(=O)c2cccc3[nH]cnc23)C1. The maximum absolute atomic E-state index is 12.5. The molecule has 0 radical (unpaired) electrons. The highest BCUT2D eigenvalue weighted by Gasteiger charge is 2.23. The number of amides is 1. The number of hydrogen-bond acceptors (Lipinski definition) is 2. The molecule has 3 rings (SSSR count). The molecule has 1 aliphatic heterocycles. The summed E-state index contributed by atoms with van der Waals surface area (Å²) in [6, 6.07) is 5.71. The quantitative estimate of drug-likeness (QED) is 0.836. The zero-order valence-corrected chi connectivity index (χ0v) is 10.5. The van der Waals surface area contributed by atoms with E-state index in [1.54, 1.807) is 6.33 Å². The van der Waals surface area contributed by atoms with Crippen LogP contribution < -0.4 is 0 Å². The molecule has 1 N–H and O–H groups in total. The Morgan fingerprint density at radius 1 is 1.50 bits per heavy atom. The Balaban J connectivity index is 1.94. The number of rotatable bonds is 1. The van der Waals surface area contributed by atoms with Crippen molar-refractivity contribution in [2.45, 2.75) is 19.8 Å². The van der Waals surface area contributed by atoms with Crippen LogP contribution in [0.4, 0.5) is 0 Å². The summed E-state index contributed by atoms with van der Waals surface area (Å²) in [5, 5.41) is 0. The topological polar surface area (TPSA) is 49.0 Å². The van der Waals surface area contributed by atoms with Crippen LogP contribution in [-0.4, -0.2) is 33.9 Å². The molecule has 94 valence electrons. The van der Waals surface area contributed by atoms with E-state index in [-0.39, 0.29) is 5.91 Å². The number of aromatic amines is 1. The fraction of sp³-hybridized carbons (Fsp3) is 0.429. The number of H-pyrrole nitrogens is 1. The number of carbonyl (C=O) groups excluding carboxylic acids is 1. The number of aromatic nitrogens is 2. The van der Waals surface area contributed by atoms with Gasteiger partial charge in [0.15, 0.2) is 0 Å². The molecule has 1 amide bonds. The average Bonchev–Trinajstić information content (AvgIpc) is 2.86. The minimum atomic E-state index is 0.110. The Kier molecular flexibility index (Phi) is 2.78. The summed E-state index contributed by atoms with van der Waals surface area (Å²) in [6.45, 7) is 3.93. The lowest BCUT2D eigenvalue weighted by Gasteiger charge is -2.31. The zero-order chi connectivity index (χ0) is 12.5. The van der Waals surface area contributed by atoms with Gasteiger partial charge in [-0.15, -0.1) is 0 Å². The number of benzene rings is 1. The minimum absolute atomic E-state index is 0.110. The summed E-state index contributed by atoms with van der Waals surface area (Å²) < 4.78 is 0. The van der Waals surface area contributed by atoms with Gasteiger partial charge in [-0.2, -0.15) is 0 Å². The molecule has 2 aromatic rings. The third kappa shape index (κ3) is 1.88. The Morgan fingerprint density at radius 2 is 2.39 bits per heavy atom. The largest absolute Gasteiger partial charge is 0.345 e. The Hall–Kier alpha value is -1.84. The second-order valence-corrected chi connectivity index (χ2v) is 5.10. The number of nitrogens with zero attached hydrogens (tertiary/aromatic N) is 2. The molecule has 1 atom stereocenters. The molecular formula is C14H17N3O. The van der Waals surface area contributed by atoms with Gasteiger partial charge in [0.1, 0.15) is 5.52 Å². The number of hydrogen-bond donors (Lipinski definition) is 1. The highest BCUT2D eigenvalue weighted by Crippen LogP contribution is 2.21. The lowest BCUT2D eigenvalue weighted by atomic mass is 9.99. The average molecular weight is 243 g/mol. The molecule has 1 aromatic carbocycles. The molecule has 1 unspecified atom stereocenters. The summed E-state index contributed by atoms with van der Waals surface area (Å²) in [5.74, 6) is 0.709. The third-order valence-corrected chi connectivity index (χ3v) is 3.62. The van der Waals surface area contributed by atoms with E-state index in [2.05, 4.69) is 16.9 Å². The van der Waals surface area contributed by atoms with E-state index in [1.807, 2.05) is 23.1 Å². The van der Waals surface area contributed by atoms with Gasteiger partial charge in [0.2, 0.25) is 0 Å². The molecule has 0 bridgehead atoms. The monoisotopic (exact) mass is 243 g/mol. The van der Waals surface area contributed by atoms with Crippen molar-refractivity contribution in [2.24, 2.45) is 5.92 Å². The maximum atomic E-state index is 12.5. The predicted molar refractivity (Wildman–Crippen MR) is 70.4 cm³/mol. The van der Waals surface area contributed by atoms with E-state index in [0.29, 0.717) is 11.5 Å². The van der Waals surface area contributed by atoms with Crippen molar-refractivity contribution >= 4 is 16.9 Å². The van der Waals surface area contributed by atoms with Crippen molar-refractivity contribution in [1.29, 1.82) is 0 Å². The maximum Gasteiger partial charge on any atom is 0.256 e.